The van der Waals surface area contributed by atoms with Gasteiger partial charge in [0.15, 0.2) is 0 Å². The summed E-state index contributed by atoms with van der Waals surface area (Å²) in [6.07, 6.45) is -2.03. The van der Waals surface area contributed by atoms with Gasteiger partial charge in [-0.15, -0.1) is 0 Å². The number of alkyl halides is 3. The van der Waals surface area contributed by atoms with E-state index in [0.717, 1.165) is 12.6 Å². The first-order valence-corrected chi connectivity index (χ1v) is 7.45. The van der Waals surface area contributed by atoms with Gasteiger partial charge < -0.3 is 15.5 Å². The normalized spacial score (nSPS) is 11.4. The number of carbonyl (C=O) groups excluding carboxylic acids is 1. The lowest BCUT2D eigenvalue weighted by atomic mass is 10.1. The molecule has 2 aromatic rings. The predicted molar refractivity (Wildman–Crippen MR) is 88.5 cm³/mol. The van der Waals surface area contributed by atoms with E-state index < -0.39 is 17.6 Å². The maximum atomic E-state index is 12.9. The average Bonchev–Trinajstić information content (AvgIpc) is 2.54. The molecule has 0 saturated heterocycles. The molecular weight excluding hydrogens is 335 g/mol. The molecule has 2 rings (SSSR count). The Morgan fingerprint density at radius 2 is 1.80 bits per heavy atom. The Morgan fingerprint density at radius 3 is 2.40 bits per heavy atom. The van der Waals surface area contributed by atoms with Gasteiger partial charge in [-0.2, -0.15) is 13.2 Å². The minimum atomic E-state index is -4.55. The largest absolute Gasteiger partial charge is 0.418 e. The number of anilines is 2. The molecule has 25 heavy (non-hydrogen) atoms. The van der Waals surface area contributed by atoms with Gasteiger partial charge in [-0.05, 0) is 26.2 Å². The van der Waals surface area contributed by atoms with E-state index in [0.29, 0.717) is 12.5 Å². The zero-order valence-corrected chi connectivity index (χ0v) is 13.8. The van der Waals surface area contributed by atoms with Crippen molar-refractivity contribution in [3.05, 3.63) is 47.8 Å². The molecule has 1 aromatic carbocycles. The van der Waals surface area contributed by atoms with Gasteiger partial charge in [0.1, 0.15) is 0 Å². The van der Waals surface area contributed by atoms with Crippen molar-refractivity contribution in [3.8, 4) is 0 Å². The fourth-order valence-electron chi connectivity index (χ4n) is 1.96. The van der Waals surface area contributed by atoms with Gasteiger partial charge in [0, 0.05) is 25.5 Å². The van der Waals surface area contributed by atoms with Crippen molar-refractivity contribution in [2.24, 2.45) is 0 Å². The summed E-state index contributed by atoms with van der Waals surface area (Å²) in [7, 11) is 3.85. The van der Waals surface area contributed by atoms with E-state index in [1.165, 1.54) is 30.6 Å². The van der Waals surface area contributed by atoms with Gasteiger partial charge in [0.2, 0.25) is 5.95 Å². The Balaban J connectivity index is 2.05. The van der Waals surface area contributed by atoms with Crippen LogP contribution in [0.15, 0.2) is 36.7 Å². The molecule has 6 nitrogen and oxygen atoms in total. The molecule has 0 saturated carbocycles. The third kappa shape index (κ3) is 5.42. The zero-order chi connectivity index (χ0) is 18.4. The second kappa shape index (κ2) is 7.93. The molecule has 134 valence electrons. The molecule has 1 aromatic heterocycles. The number of nitrogens with one attached hydrogen (secondary N) is 2. The van der Waals surface area contributed by atoms with E-state index >= 15 is 0 Å². The molecule has 0 radical (unpaired) electrons. The van der Waals surface area contributed by atoms with Crippen LogP contribution in [0.5, 0.6) is 0 Å². The maximum absolute atomic E-state index is 12.9. The van der Waals surface area contributed by atoms with Gasteiger partial charge >= 0.3 is 6.18 Å². The van der Waals surface area contributed by atoms with Crippen molar-refractivity contribution in [3.63, 3.8) is 0 Å². The van der Waals surface area contributed by atoms with Crippen molar-refractivity contribution in [2.45, 2.75) is 6.18 Å². The molecule has 0 aliphatic heterocycles. The minimum Gasteiger partial charge on any atom is -0.353 e. The first kappa shape index (κ1) is 18.7. The van der Waals surface area contributed by atoms with E-state index in [1.54, 1.807) is 0 Å². The van der Waals surface area contributed by atoms with Crippen molar-refractivity contribution >= 4 is 17.5 Å². The fourth-order valence-corrected chi connectivity index (χ4v) is 1.96. The molecule has 0 fully saturated rings. The summed E-state index contributed by atoms with van der Waals surface area (Å²) in [4.78, 5) is 22.1. The highest BCUT2D eigenvalue weighted by molar-refractivity contribution is 6.04. The second-order valence-corrected chi connectivity index (χ2v) is 5.52. The Kier molecular flexibility index (Phi) is 5.92. The number of likely N-dealkylation sites (N-methyl/N-ethyl adjacent to an activating group) is 1. The van der Waals surface area contributed by atoms with Crippen molar-refractivity contribution in [1.82, 2.24) is 14.9 Å². The number of rotatable bonds is 6. The lowest BCUT2D eigenvalue weighted by Crippen LogP contribution is -2.21. The molecule has 0 spiro atoms. The fraction of sp³-hybridized carbons (Fsp3) is 0.312. The molecule has 1 amide bonds. The van der Waals surface area contributed by atoms with Crippen LogP contribution >= 0.6 is 0 Å². The Labute approximate surface area is 143 Å². The number of carbonyl (C=O) groups is 1. The highest BCUT2D eigenvalue weighted by atomic mass is 19.4. The monoisotopic (exact) mass is 353 g/mol. The summed E-state index contributed by atoms with van der Waals surface area (Å²) in [6.45, 7) is 1.40. The Hall–Kier alpha value is -2.68. The first-order chi connectivity index (χ1) is 11.8. The van der Waals surface area contributed by atoms with Crippen LogP contribution in [0, 0.1) is 0 Å². The number of nitrogens with zero attached hydrogens (tertiary/aromatic N) is 3. The smallest absolute Gasteiger partial charge is 0.353 e. The molecule has 9 heteroatoms. The predicted octanol–water partition coefficient (Wildman–Crippen LogP) is 2.72. The highest BCUT2D eigenvalue weighted by Crippen LogP contribution is 2.34. The van der Waals surface area contributed by atoms with Gasteiger partial charge in [-0.25, -0.2) is 9.97 Å². The van der Waals surface area contributed by atoms with Crippen LogP contribution in [0.2, 0.25) is 0 Å². The van der Waals surface area contributed by atoms with Gasteiger partial charge in [0.05, 0.1) is 16.8 Å². The van der Waals surface area contributed by atoms with E-state index in [1.807, 2.05) is 19.0 Å². The van der Waals surface area contributed by atoms with Crippen molar-refractivity contribution < 1.29 is 18.0 Å². The molecule has 0 aliphatic carbocycles. The van der Waals surface area contributed by atoms with E-state index in [-0.39, 0.29) is 11.3 Å². The third-order valence-corrected chi connectivity index (χ3v) is 3.24. The molecule has 0 aliphatic rings. The number of hydrogen-bond acceptors (Lipinski definition) is 5. The van der Waals surface area contributed by atoms with E-state index in [4.69, 9.17) is 0 Å². The van der Waals surface area contributed by atoms with Gasteiger partial charge in [-0.3, -0.25) is 4.79 Å². The topological polar surface area (TPSA) is 70.2 Å². The van der Waals surface area contributed by atoms with Crippen LogP contribution in [0.1, 0.15) is 15.9 Å². The number of benzene rings is 1. The number of para-hydroxylation sites is 1. The molecule has 2 N–H and O–H groups in total. The average molecular weight is 353 g/mol. The summed E-state index contributed by atoms with van der Waals surface area (Å²) in [5.41, 5.74) is -1.16. The molecular formula is C16H18F3N5O. The van der Waals surface area contributed by atoms with Crippen LogP contribution < -0.4 is 10.6 Å². The molecule has 0 unspecified atom stereocenters. The molecule has 0 atom stereocenters. The summed E-state index contributed by atoms with van der Waals surface area (Å²) in [5, 5.41) is 5.22. The Morgan fingerprint density at radius 1 is 1.16 bits per heavy atom. The quantitative estimate of drug-likeness (QED) is 0.836. The minimum absolute atomic E-state index is 0.0649. The molecule has 1 heterocycles. The second-order valence-electron chi connectivity index (χ2n) is 5.52. The number of halogens is 3. The van der Waals surface area contributed by atoms with Crippen LogP contribution in [0.4, 0.5) is 24.8 Å². The number of hydrogen-bond donors (Lipinski definition) is 2. The summed E-state index contributed by atoms with van der Waals surface area (Å²) >= 11 is 0. The number of amides is 1. The molecule has 0 bridgehead atoms. The number of aromatic nitrogens is 2. The van der Waals surface area contributed by atoms with Crippen LogP contribution in [-0.4, -0.2) is 48.0 Å². The van der Waals surface area contributed by atoms with E-state index in [9.17, 15) is 18.0 Å². The zero-order valence-electron chi connectivity index (χ0n) is 13.8. The van der Waals surface area contributed by atoms with Crippen LogP contribution in [-0.2, 0) is 6.18 Å². The maximum Gasteiger partial charge on any atom is 0.418 e. The van der Waals surface area contributed by atoms with Crippen LogP contribution in [0.3, 0.4) is 0 Å². The van der Waals surface area contributed by atoms with Crippen molar-refractivity contribution in [1.29, 1.82) is 0 Å². The van der Waals surface area contributed by atoms with Gasteiger partial charge in [0.25, 0.3) is 5.91 Å². The Bertz CT molecular complexity index is 716. The highest BCUT2D eigenvalue weighted by Gasteiger charge is 2.33. The third-order valence-electron chi connectivity index (χ3n) is 3.24. The van der Waals surface area contributed by atoms with Crippen LogP contribution in [0.25, 0.3) is 0 Å². The standard InChI is InChI=1S/C16H18F3N5O/c1-24(2)8-7-20-15-21-9-11(10-22-15)14(25)23-13-6-4-3-5-12(13)16(17,18)19/h3-6,9-10H,7-8H2,1-2H3,(H,23,25)(H,20,21,22). The summed E-state index contributed by atoms with van der Waals surface area (Å²) in [5.74, 6) is -0.370. The lowest BCUT2D eigenvalue weighted by Gasteiger charge is -2.13. The van der Waals surface area contributed by atoms with Gasteiger partial charge in [-0.1, -0.05) is 12.1 Å². The SMILES string of the molecule is CN(C)CCNc1ncc(C(=O)Nc2ccccc2C(F)(F)F)cn1. The van der Waals surface area contributed by atoms with Crippen molar-refractivity contribution in [2.75, 3.05) is 37.8 Å². The summed E-state index contributed by atoms with van der Waals surface area (Å²) < 4.78 is 38.8. The first-order valence-electron chi connectivity index (χ1n) is 7.45. The van der Waals surface area contributed by atoms with E-state index in [2.05, 4.69) is 20.6 Å². The lowest BCUT2D eigenvalue weighted by molar-refractivity contribution is -0.136. The summed E-state index contributed by atoms with van der Waals surface area (Å²) in [6, 6.07) is 4.78.